The molecule has 0 fully saturated rings. The standard InChI is InChI=1S/C16H15N3O2/c1-21-14-7-4-5-12(9-14)11-18-16(20)19-15-8-3-2-6-13(15)10-17/h2-9H,11H2,1H3,(H2,18,19,20). The number of rotatable bonds is 4. The molecule has 0 saturated carbocycles. The Balaban J connectivity index is 1.94. The largest absolute Gasteiger partial charge is 0.497 e. The molecule has 0 heterocycles. The first kappa shape index (κ1) is 14.4. The van der Waals surface area contributed by atoms with Crippen molar-refractivity contribution in [3.05, 3.63) is 59.7 Å². The summed E-state index contributed by atoms with van der Waals surface area (Å²) < 4.78 is 5.12. The van der Waals surface area contributed by atoms with Gasteiger partial charge in [-0.1, -0.05) is 24.3 Å². The molecule has 0 aliphatic rings. The van der Waals surface area contributed by atoms with E-state index in [9.17, 15) is 4.79 Å². The zero-order chi connectivity index (χ0) is 15.1. The Hall–Kier alpha value is -3.00. The summed E-state index contributed by atoms with van der Waals surface area (Å²) in [7, 11) is 1.60. The van der Waals surface area contributed by atoms with Crippen molar-refractivity contribution in [1.29, 1.82) is 5.26 Å². The first-order valence-corrected chi connectivity index (χ1v) is 6.40. The molecule has 21 heavy (non-hydrogen) atoms. The monoisotopic (exact) mass is 281 g/mol. The highest BCUT2D eigenvalue weighted by Gasteiger charge is 2.05. The fraction of sp³-hybridized carbons (Fsp3) is 0.125. The highest BCUT2D eigenvalue weighted by atomic mass is 16.5. The summed E-state index contributed by atoms with van der Waals surface area (Å²) in [5, 5.41) is 14.4. The Morgan fingerprint density at radius 2 is 2.05 bits per heavy atom. The highest BCUT2D eigenvalue weighted by molar-refractivity contribution is 5.90. The minimum Gasteiger partial charge on any atom is -0.497 e. The number of urea groups is 1. The van der Waals surface area contributed by atoms with Crippen molar-refractivity contribution in [2.24, 2.45) is 0 Å². The Bertz CT molecular complexity index is 677. The third-order valence-corrected chi connectivity index (χ3v) is 2.88. The molecule has 0 radical (unpaired) electrons. The number of nitriles is 1. The molecule has 5 nitrogen and oxygen atoms in total. The number of hydrogen-bond acceptors (Lipinski definition) is 3. The van der Waals surface area contributed by atoms with Crippen LogP contribution < -0.4 is 15.4 Å². The number of methoxy groups -OCH3 is 1. The fourth-order valence-electron chi connectivity index (χ4n) is 1.82. The van der Waals surface area contributed by atoms with Gasteiger partial charge < -0.3 is 15.4 Å². The molecule has 0 spiro atoms. The molecule has 2 rings (SSSR count). The predicted molar refractivity (Wildman–Crippen MR) is 80.0 cm³/mol. The van der Waals surface area contributed by atoms with Crippen LogP contribution in [0.5, 0.6) is 5.75 Å². The van der Waals surface area contributed by atoms with Gasteiger partial charge in [0.05, 0.1) is 18.4 Å². The van der Waals surface area contributed by atoms with Crippen LogP contribution >= 0.6 is 0 Å². The fourth-order valence-corrected chi connectivity index (χ4v) is 1.82. The maximum atomic E-state index is 11.8. The average Bonchev–Trinajstić information content (AvgIpc) is 2.53. The lowest BCUT2D eigenvalue weighted by molar-refractivity contribution is 0.251. The smallest absolute Gasteiger partial charge is 0.319 e. The number of amides is 2. The first-order valence-electron chi connectivity index (χ1n) is 6.40. The Morgan fingerprint density at radius 1 is 1.24 bits per heavy atom. The molecule has 0 bridgehead atoms. The van der Waals surface area contributed by atoms with Crippen molar-refractivity contribution in [2.75, 3.05) is 12.4 Å². The van der Waals surface area contributed by atoms with Crippen LogP contribution in [0.25, 0.3) is 0 Å². The zero-order valence-electron chi connectivity index (χ0n) is 11.6. The number of nitrogens with one attached hydrogen (secondary N) is 2. The average molecular weight is 281 g/mol. The molecule has 2 amide bonds. The van der Waals surface area contributed by atoms with Gasteiger partial charge in [-0.3, -0.25) is 0 Å². The van der Waals surface area contributed by atoms with Crippen LogP contribution in [0.15, 0.2) is 48.5 Å². The normalized spacial score (nSPS) is 9.52. The van der Waals surface area contributed by atoms with Crippen LogP contribution in [-0.4, -0.2) is 13.1 Å². The number of anilines is 1. The lowest BCUT2D eigenvalue weighted by Gasteiger charge is -2.09. The van der Waals surface area contributed by atoms with E-state index in [1.807, 2.05) is 30.3 Å². The molecule has 0 saturated heterocycles. The van der Waals surface area contributed by atoms with E-state index in [1.165, 1.54) is 0 Å². The van der Waals surface area contributed by atoms with E-state index in [0.717, 1.165) is 11.3 Å². The van der Waals surface area contributed by atoms with Gasteiger partial charge in [0.1, 0.15) is 11.8 Å². The maximum Gasteiger partial charge on any atom is 0.319 e. The van der Waals surface area contributed by atoms with Gasteiger partial charge in [0.15, 0.2) is 0 Å². The molecule has 0 unspecified atom stereocenters. The number of ether oxygens (including phenoxy) is 1. The van der Waals surface area contributed by atoms with Crippen LogP contribution in [0, 0.1) is 11.3 Å². The van der Waals surface area contributed by atoms with Crippen LogP contribution in [0.3, 0.4) is 0 Å². The van der Waals surface area contributed by atoms with Crippen molar-refractivity contribution >= 4 is 11.7 Å². The van der Waals surface area contributed by atoms with Crippen LogP contribution in [0.1, 0.15) is 11.1 Å². The van der Waals surface area contributed by atoms with E-state index < -0.39 is 0 Å². The van der Waals surface area contributed by atoms with Gasteiger partial charge in [0.2, 0.25) is 0 Å². The van der Waals surface area contributed by atoms with Gasteiger partial charge in [-0.25, -0.2) is 4.79 Å². The Labute approximate surface area is 123 Å². The van der Waals surface area contributed by atoms with E-state index in [2.05, 4.69) is 10.6 Å². The molecule has 0 aliphatic heterocycles. The van der Waals surface area contributed by atoms with E-state index in [1.54, 1.807) is 31.4 Å². The van der Waals surface area contributed by atoms with Crippen LogP contribution in [0.2, 0.25) is 0 Å². The predicted octanol–water partition coefficient (Wildman–Crippen LogP) is 2.89. The van der Waals surface area contributed by atoms with Gasteiger partial charge in [-0.15, -0.1) is 0 Å². The van der Waals surface area contributed by atoms with Crippen LogP contribution in [-0.2, 0) is 6.54 Å². The summed E-state index contributed by atoms with van der Waals surface area (Å²) in [6.45, 7) is 0.373. The number of benzene rings is 2. The van der Waals surface area contributed by atoms with E-state index in [0.29, 0.717) is 17.8 Å². The molecule has 2 aromatic carbocycles. The minimum absolute atomic E-state index is 0.361. The Morgan fingerprint density at radius 3 is 2.81 bits per heavy atom. The topological polar surface area (TPSA) is 74.2 Å². The molecular weight excluding hydrogens is 266 g/mol. The molecule has 5 heteroatoms. The molecule has 0 atom stereocenters. The van der Waals surface area contributed by atoms with Gasteiger partial charge >= 0.3 is 6.03 Å². The molecule has 0 aromatic heterocycles. The second-order valence-corrected chi connectivity index (χ2v) is 4.32. The lowest BCUT2D eigenvalue weighted by atomic mass is 10.2. The first-order chi connectivity index (χ1) is 10.2. The summed E-state index contributed by atoms with van der Waals surface area (Å²) in [6, 6.07) is 16.0. The van der Waals surface area contributed by atoms with Crippen LogP contribution in [0.4, 0.5) is 10.5 Å². The Kier molecular flexibility index (Phi) is 4.78. The number of carbonyl (C=O) groups excluding carboxylic acids is 1. The summed E-state index contributed by atoms with van der Waals surface area (Å²) in [5.41, 5.74) is 1.84. The van der Waals surface area contributed by atoms with Crippen molar-refractivity contribution < 1.29 is 9.53 Å². The van der Waals surface area contributed by atoms with Gasteiger partial charge in [0.25, 0.3) is 0 Å². The third kappa shape index (κ3) is 3.98. The van der Waals surface area contributed by atoms with Gasteiger partial charge in [-0.05, 0) is 29.8 Å². The lowest BCUT2D eigenvalue weighted by Crippen LogP contribution is -2.28. The maximum absolute atomic E-state index is 11.8. The van der Waals surface area contributed by atoms with Crippen molar-refractivity contribution in [2.45, 2.75) is 6.54 Å². The second kappa shape index (κ2) is 6.96. The van der Waals surface area contributed by atoms with Crippen molar-refractivity contribution in [3.8, 4) is 11.8 Å². The SMILES string of the molecule is COc1cccc(CNC(=O)Nc2ccccc2C#N)c1. The van der Waals surface area contributed by atoms with E-state index >= 15 is 0 Å². The highest BCUT2D eigenvalue weighted by Crippen LogP contribution is 2.14. The van der Waals surface area contributed by atoms with Gasteiger partial charge in [-0.2, -0.15) is 5.26 Å². The van der Waals surface area contributed by atoms with E-state index in [4.69, 9.17) is 10.00 Å². The third-order valence-electron chi connectivity index (χ3n) is 2.88. The summed E-state index contributed by atoms with van der Waals surface area (Å²) in [4.78, 5) is 11.8. The van der Waals surface area contributed by atoms with E-state index in [-0.39, 0.29) is 6.03 Å². The molecule has 106 valence electrons. The molecule has 2 aromatic rings. The summed E-state index contributed by atoms with van der Waals surface area (Å²) in [5.74, 6) is 0.740. The zero-order valence-corrected chi connectivity index (χ0v) is 11.6. The quantitative estimate of drug-likeness (QED) is 0.905. The number of nitrogens with zero attached hydrogens (tertiary/aromatic N) is 1. The summed E-state index contributed by atoms with van der Waals surface area (Å²) in [6.07, 6.45) is 0. The number of carbonyl (C=O) groups is 1. The van der Waals surface area contributed by atoms with Gasteiger partial charge in [0, 0.05) is 6.54 Å². The summed E-state index contributed by atoms with van der Waals surface area (Å²) >= 11 is 0. The van der Waals surface area contributed by atoms with Crippen molar-refractivity contribution in [1.82, 2.24) is 5.32 Å². The van der Waals surface area contributed by atoms with Crippen molar-refractivity contribution in [3.63, 3.8) is 0 Å². The second-order valence-electron chi connectivity index (χ2n) is 4.32. The number of hydrogen-bond donors (Lipinski definition) is 2. The molecule has 2 N–H and O–H groups in total. The number of para-hydroxylation sites is 1. The molecular formula is C16H15N3O2. The molecule has 0 aliphatic carbocycles. The minimum atomic E-state index is -0.361.